The van der Waals surface area contributed by atoms with Gasteiger partial charge >= 0.3 is 0 Å². The lowest BCUT2D eigenvalue weighted by Gasteiger charge is -2.12. The zero-order valence-electron chi connectivity index (χ0n) is 11.9. The first-order chi connectivity index (χ1) is 9.95. The third-order valence-electron chi connectivity index (χ3n) is 2.70. The first-order valence-electron chi connectivity index (χ1n) is 6.59. The lowest BCUT2D eigenvalue weighted by molar-refractivity contribution is 0.102. The van der Waals surface area contributed by atoms with Crippen molar-refractivity contribution >= 4 is 28.9 Å². The molecule has 2 aromatic rings. The predicted molar refractivity (Wildman–Crippen MR) is 86.0 cm³/mol. The second kappa shape index (κ2) is 6.50. The van der Waals surface area contributed by atoms with Crippen molar-refractivity contribution in [2.24, 2.45) is 0 Å². The molecule has 0 bridgehead atoms. The molecule has 21 heavy (non-hydrogen) atoms. The van der Waals surface area contributed by atoms with Gasteiger partial charge in [0.1, 0.15) is 5.75 Å². The van der Waals surface area contributed by atoms with Gasteiger partial charge in [-0.2, -0.15) is 0 Å². The lowest BCUT2D eigenvalue weighted by atomic mass is 10.2. The fourth-order valence-corrected chi connectivity index (χ4v) is 2.04. The van der Waals surface area contributed by atoms with Crippen molar-refractivity contribution in [1.29, 1.82) is 0 Å². The highest BCUT2D eigenvalue weighted by Crippen LogP contribution is 2.28. The predicted octanol–water partition coefficient (Wildman–Crippen LogP) is 3.96. The van der Waals surface area contributed by atoms with Crippen LogP contribution in [0.2, 0.25) is 5.02 Å². The molecule has 2 aromatic carbocycles. The minimum Gasteiger partial charge on any atom is -0.489 e. The summed E-state index contributed by atoms with van der Waals surface area (Å²) in [6.45, 7) is 3.84. The smallest absolute Gasteiger partial charge is 0.255 e. The minimum absolute atomic E-state index is 0.0373. The Morgan fingerprint density at radius 3 is 2.62 bits per heavy atom. The van der Waals surface area contributed by atoms with Gasteiger partial charge in [-0.1, -0.05) is 17.7 Å². The molecule has 0 aliphatic carbocycles. The molecule has 0 spiro atoms. The van der Waals surface area contributed by atoms with E-state index in [1.54, 1.807) is 42.5 Å². The molecule has 3 N–H and O–H groups in total. The number of halogens is 1. The highest BCUT2D eigenvalue weighted by Gasteiger charge is 2.09. The molecule has 5 heteroatoms. The van der Waals surface area contributed by atoms with E-state index in [2.05, 4.69) is 5.32 Å². The molecule has 0 radical (unpaired) electrons. The average Bonchev–Trinajstić information content (AvgIpc) is 2.41. The number of nitrogens with one attached hydrogen (secondary N) is 1. The Kier molecular flexibility index (Phi) is 4.70. The number of ether oxygens (including phenoxy) is 1. The highest BCUT2D eigenvalue weighted by atomic mass is 35.5. The molecule has 0 aliphatic heterocycles. The summed E-state index contributed by atoms with van der Waals surface area (Å²) in [6, 6.07) is 11.9. The monoisotopic (exact) mass is 304 g/mol. The Hall–Kier alpha value is -2.20. The van der Waals surface area contributed by atoms with Crippen molar-refractivity contribution in [1.82, 2.24) is 0 Å². The van der Waals surface area contributed by atoms with Crippen LogP contribution in [0.1, 0.15) is 24.2 Å². The zero-order valence-corrected chi connectivity index (χ0v) is 12.6. The van der Waals surface area contributed by atoms with Crippen LogP contribution in [0.5, 0.6) is 5.75 Å². The highest BCUT2D eigenvalue weighted by molar-refractivity contribution is 6.32. The maximum atomic E-state index is 12.1. The summed E-state index contributed by atoms with van der Waals surface area (Å²) in [4.78, 5) is 12.1. The van der Waals surface area contributed by atoms with Crippen LogP contribution in [0.3, 0.4) is 0 Å². The molecule has 0 atom stereocenters. The normalized spacial score (nSPS) is 10.5. The number of benzene rings is 2. The van der Waals surface area contributed by atoms with Crippen LogP contribution in [-0.4, -0.2) is 12.0 Å². The maximum Gasteiger partial charge on any atom is 0.255 e. The van der Waals surface area contributed by atoms with E-state index in [9.17, 15) is 4.79 Å². The topological polar surface area (TPSA) is 64.3 Å². The van der Waals surface area contributed by atoms with E-state index >= 15 is 0 Å². The number of carbonyl (C=O) groups excluding carboxylic acids is 1. The van der Waals surface area contributed by atoms with Crippen molar-refractivity contribution in [3.63, 3.8) is 0 Å². The number of nitrogen functional groups attached to an aromatic ring is 1. The summed E-state index contributed by atoms with van der Waals surface area (Å²) < 4.78 is 5.54. The Balaban J connectivity index is 2.13. The molecule has 2 rings (SSSR count). The Labute approximate surface area is 128 Å². The number of anilines is 2. The van der Waals surface area contributed by atoms with Gasteiger partial charge < -0.3 is 15.8 Å². The molecule has 0 fully saturated rings. The van der Waals surface area contributed by atoms with Crippen LogP contribution >= 0.6 is 11.6 Å². The lowest BCUT2D eigenvalue weighted by Crippen LogP contribution is -2.12. The standard InChI is InChI=1S/C16H17ClN2O2/c1-10(2)21-15-7-6-13(9-14(15)17)19-16(20)11-4-3-5-12(18)8-11/h3-10H,18H2,1-2H3,(H,19,20). The van der Waals surface area contributed by atoms with Crippen LogP contribution in [0.4, 0.5) is 11.4 Å². The number of nitrogens with two attached hydrogens (primary N) is 1. The first-order valence-corrected chi connectivity index (χ1v) is 6.96. The fourth-order valence-electron chi connectivity index (χ4n) is 1.81. The summed E-state index contributed by atoms with van der Waals surface area (Å²) in [6.07, 6.45) is 0.0373. The van der Waals surface area contributed by atoms with E-state index in [0.717, 1.165) is 0 Å². The van der Waals surface area contributed by atoms with Gasteiger partial charge in [-0.05, 0) is 50.2 Å². The van der Waals surface area contributed by atoms with Crippen molar-refractivity contribution in [3.8, 4) is 5.75 Å². The van der Waals surface area contributed by atoms with E-state index in [-0.39, 0.29) is 12.0 Å². The van der Waals surface area contributed by atoms with Gasteiger partial charge in [0, 0.05) is 16.9 Å². The first kappa shape index (κ1) is 15.2. The van der Waals surface area contributed by atoms with Crippen molar-refractivity contribution in [2.75, 3.05) is 11.1 Å². The summed E-state index contributed by atoms with van der Waals surface area (Å²) in [5.41, 5.74) is 7.30. The van der Waals surface area contributed by atoms with Crippen LogP contribution in [0.15, 0.2) is 42.5 Å². The molecular weight excluding hydrogens is 288 g/mol. The van der Waals surface area contributed by atoms with Gasteiger partial charge in [-0.25, -0.2) is 0 Å². The van der Waals surface area contributed by atoms with Crippen LogP contribution in [0.25, 0.3) is 0 Å². The van der Waals surface area contributed by atoms with Crippen molar-refractivity contribution in [2.45, 2.75) is 20.0 Å². The molecule has 0 unspecified atom stereocenters. The summed E-state index contributed by atoms with van der Waals surface area (Å²) in [5, 5.41) is 3.23. The van der Waals surface area contributed by atoms with E-state index in [0.29, 0.717) is 27.7 Å². The van der Waals surface area contributed by atoms with Gasteiger partial charge in [0.05, 0.1) is 11.1 Å². The summed E-state index contributed by atoms with van der Waals surface area (Å²) in [7, 11) is 0. The second-order valence-electron chi connectivity index (χ2n) is 4.89. The largest absolute Gasteiger partial charge is 0.489 e. The van der Waals surface area contributed by atoms with Crippen LogP contribution < -0.4 is 15.8 Å². The van der Waals surface area contributed by atoms with E-state index < -0.39 is 0 Å². The molecule has 0 heterocycles. The molecule has 0 saturated carbocycles. The quantitative estimate of drug-likeness (QED) is 0.840. The molecule has 110 valence electrons. The number of hydrogen-bond donors (Lipinski definition) is 2. The van der Waals surface area contributed by atoms with Crippen molar-refractivity contribution in [3.05, 3.63) is 53.1 Å². The number of rotatable bonds is 4. The third kappa shape index (κ3) is 4.13. The third-order valence-corrected chi connectivity index (χ3v) is 3.00. The molecule has 1 amide bonds. The molecule has 4 nitrogen and oxygen atoms in total. The Bertz CT molecular complexity index is 656. The zero-order chi connectivity index (χ0) is 15.4. The van der Waals surface area contributed by atoms with E-state index in [4.69, 9.17) is 22.1 Å². The minimum atomic E-state index is -0.240. The average molecular weight is 305 g/mol. The van der Waals surface area contributed by atoms with Gasteiger partial charge in [-0.3, -0.25) is 4.79 Å². The molecule has 0 aromatic heterocycles. The summed E-state index contributed by atoms with van der Waals surface area (Å²) >= 11 is 6.13. The van der Waals surface area contributed by atoms with Gasteiger partial charge in [0.25, 0.3) is 5.91 Å². The fraction of sp³-hybridized carbons (Fsp3) is 0.188. The molecule has 0 aliphatic rings. The van der Waals surface area contributed by atoms with Gasteiger partial charge in [0.2, 0.25) is 0 Å². The molecule has 0 saturated heterocycles. The van der Waals surface area contributed by atoms with Crippen LogP contribution in [0, 0.1) is 0 Å². The summed E-state index contributed by atoms with van der Waals surface area (Å²) in [5.74, 6) is 0.351. The number of amides is 1. The number of hydrogen-bond acceptors (Lipinski definition) is 3. The Morgan fingerprint density at radius 1 is 1.24 bits per heavy atom. The van der Waals surface area contributed by atoms with E-state index in [1.165, 1.54) is 0 Å². The van der Waals surface area contributed by atoms with E-state index in [1.807, 2.05) is 13.8 Å². The SMILES string of the molecule is CC(C)Oc1ccc(NC(=O)c2cccc(N)c2)cc1Cl. The van der Waals surface area contributed by atoms with Gasteiger partial charge in [0.15, 0.2) is 0 Å². The second-order valence-corrected chi connectivity index (χ2v) is 5.30. The van der Waals surface area contributed by atoms with Crippen molar-refractivity contribution < 1.29 is 9.53 Å². The molecular formula is C16H17ClN2O2. The van der Waals surface area contributed by atoms with Gasteiger partial charge in [-0.15, -0.1) is 0 Å². The van der Waals surface area contributed by atoms with Crippen LogP contribution in [-0.2, 0) is 0 Å². The Morgan fingerprint density at radius 2 is 2.00 bits per heavy atom. The maximum absolute atomic E-state index is 12.1. The number of carbonyl (C=O) groups is 1.